The van der Waals surface area contributed by atoms with Gasteiger partial charge in [0.05, 0.1) is 10.9 Å². The summed E-state index contributed by atoms with van der Waals surface area (Å²) < 4.78 is 23.6. The van der Waals surface area contributed by atoms with Crippen LogP contribution >= 0.6 is 0 Å². The zero-order valence-corrected chi connectivity index (χ0v) is 14.0. The third-order valence-electron chi connectivity index (χ3n) is 5.69. The average Bonchev–Trinajstić information content (AvgIpc) is 2.49. The van der Waals surface area contributed by atoms with E-state index in [-0.39, 0.29) is 11.2 Å². The second-order valence-electron chi connectivity index (χ2n) is 7.94. The van der Waals surface area contributed by atoms with Gasteiger partial charge in [0.15, 0.2) is 0 Å². The largest absolute Gasteiger partial charge is 0.390 e. The van der Waals surface area contributed by atoms with Gasteiger partial charge < -0.3 is 5.11 Å². The molecule has 0 aromatic carbocycles. The molecule has 0 spiro atoms. The second kappa shape index (κ2) is 5.60. The van der Waals surface area contributed by atoms with Crippen LogP contribution in [0.3, 0.4) is 0 Å². The predicted octanol–water partition coefficient (Wildman–Crippen LogP) is 3.31. The highest BCUT2D eigenvalue weighted by Crippen LogP contribution is 2.45. The third-order valence-corrected chi connectivity index (χ3v) is 7.33. The SMILES string of the molecule is CC1(C)CCCC(O)(C2CCCC(S(C)(=O)=O)C2)CC1. The maximum Gasteiger partial charge on any atom is 0.150 e. The van der Waals surface area contributed by atoms with Crippen LogP contribution in [0, 0.1) is 11.3 Å². The van der Waals surface area contributed by atoms with Crippen LogP contribution in [0.15, 0.2) is 0 Å². The fourth-order valence-electron chi connectivity index (χ4n) is 4.11. The Morgan fingerprint density at radius 1 is 1.00 bits per heavy atom. The van der Waals surface area contributed by atoms with Crippen molar-refractivity contribution in [2.45, 2.75) is 82.5 Å². The highest BCUT2D eigenvalue weighted by atomic mass is 32.2. The van der Waals surface area contributed by atoms with Gasteiger partial charge in [-0.3, -0.25) is 0 Å². The predicted molar refractivity (Wildman–Crippen MR) is 82.4 cm³/mol. The first kappa shape index (κ1) is 16.3. The lowest BCUT2D eigenvalue weighted by molar-refractivity contribution is -0.0464. The fourth-order valence-corrected chi connectivity index (χ4v) is 5.28. The molecular formula is C16H30O3S. The van der Waals surface area contributed by atoms with Gasteiger partial charge in [0, 0.05) is 6.26 Å². The van der Waals surface area contributed by atoms with E-state index in [2.05, 4.69) is 13.8 Å². The van der Waals surface area contributed by atoms with Gasteiger partial charge in [-0.15, -0.1) is 0 Å². The Kier molecular flexibility index (Phi) is 4.56. The summed E-state index contributed by atoms with van der Waals surface area (Å²) in [7, 11) is -2.97. The Morgan fingerprint density at radius 3 is 2.35 bits per heavy atom. The first-order valence-corrected chi connectivity index (χ1v) is 9.99. The molecule has 1 N–H and O–H groups in total. The van der Waals surface area contributed by atoms with Gasteiger partial charge >= 0.3 is 0 Å². The van der Waals surface area contributed by atoms with Gasteiger partial charge in [-0.25, -0.2) is 8.42 Å². The van der Waals surface area contributed by atoms with Crippen molar-refractivity contribution < 1.29 is 13.5 Å². The van der Waals surface area contributed by atoms with E-state index < -0.39 is 15.4 Å². The van der Waals surface area contributed by atoms with Crippen molar-refractivity contribution in [3.05, 3.63) is 0 Å². The van der Waals surface area contributed by atoms with E-state index in [4.69, 9.17) is 0 Å². The summed E-state index contributed by atoms with van der Waals surface area (Å²) in [5.41, 5.74) is -0.313. The molecule has 3 nitrogen and oxygen atoms in total. The normalized spacial score (nSPS) is 39.2. The second-order valence-corrected chi connectivity index (χ2v) is 10.3. The minimum Gasteiger partial charge on any atom is -0.390 e. The van der Waals surface area contributed by atoms with Crippen LogP contribution in [0.1, 0.15) is 71.6 Å². The molecule has 4 heteroatoms. The molecule has 0 saturated heterocycles. The molecule has 2 saturated carbocycles. The summed E-state index contributed by atoms with van der Waals surface area (Å²) in [6.45, 7) is 4.55. The van der Waals surface area contributed by atoms with Crippen molar-refractivity contribution >= 4 is 9.84 Å². The molecule has 0 aromatic heterocycles. The molecule has 2 aliphatic carbocycles. The van der Waals surface area contributed by atoms with Crippen LogP contribution in [-0.4, -0.2) is 30.6 Å². The summed E-state index contributed by atoms with van der Waals surface area (Å²) >= 11 is 0. The van der Waals surface area contributed by atoms with Crippen LogP contribution < -0.4 is 0 Å². The van der Waals surface area contributed by atoms with Crippen LogP contribution in [0.25, 0.3) is 0 Å². The zero-order valence-electron chi connectivity index (χ0n) is 13.2. The van der Waals surface area contributed by atoms with Crippen LogP contribution in [0.4, 0.5) is 0 Å². The van der Waals surface area contributed by atoms with E-state index in [9.17, 15) is 13.5 Å². The molecule has 118 valence electrons. The van der Waals surface area contributed by atoms with E-state index >= 15 is 0 Å². The average molecular weight is 302 g/mol. The Morgan fingerprint density at radius 2 is 1.70 bits per heavy atom. The summed E-state index contributed by atoms with van der Waals surface area (Å²) in [4.78, 5) is 0. The molecule has 0 radical (unpaired) electrons. The van der Waals surface area contributed by atoms with E-state index in [1.54, 1.807) is 0 Å². The first-order chi connectivity index (χ1) is 9.12. The van der Waals surface area contributed by atoms with Gasteiger partial charge in [-0.1, -0.05) is 26.7 Å². The van der Waals surface area contributed by atoms with Gasteiger partial charge in [0.1, 0.15) is 9.84 Å². The minimum absolute atomic E-state index is 0.171. The number of hydrogen-bond donors (Lipinski definition) is 1. The number of sulfone groups is 1. The van der Waals surface area contributed by atoms with Crippen molar-refractivity contribution in [3.63, 3.8) is 0 Å². The van der Waals surface area contributed by atoms with Crippen LogP contribution in [0.2, 0.25) is 0 Å². The summed E-state index contributed by atoms with van der Waals surface area (Å²) in [6, 6.07) is 0. The molecule has 2 fully saturated rings. The van der Waals surface area contributed by atoms with E-state index in [0.29, 0.717) is 11.8 Å². The van der Waals surface area contributed by atoms with Crippen molar-refractivity contribution in [2.75, 3.05) is 6.26 Å². The Hall–Kier alpha value is -0.0900. The first-order valence-electron chi connectivity index (χ1n) is 8.04. The summed E-state index contributed by atoms with van der Waals surface area (Å²) in [6.07, 6.45) is 9.66. The highest BCUT2D eigenvalue weighted by Gasteiger charge is 2.43. The zero-order chi connectivity index (χ0) is 15.0. The van der Waals surface area contributed by atoms with E-state index in [1.165, 1.54) is 6.26 Å². The van der Waals surface area contributed by atoms with E-state index in [0.717, 1.165) is 51.4 Å². The lowest BCUT2D eigenvalue weighted by Crippen LogP contribution is -2.42. The maximum absolute atomic E-state index is 11.8. The Balaban J connectivity index is 2.09. The highest BCUT2D eigenvalue weighted by molar-refractivity contribution is 7.91. The van der Waals surface area contributed by atoms with Gasteiger partial charge in [-0.05, 0) is 56.3 Å². The lowest BCUT2D eigenvalue weighted by atomic mass is 9.72. The quantitative estimate of drug-likeness (QED) is 0.796. The molecule has 20 heavy (non-hydrogen) atoms. The molecule has 3 atom stereocenters. The molecule has 0 bridgehead atoms. The van der Waals surface area contributed by atoms with E-state index in [1.807, 2.05) is 0 Å². The fraction of sp³-hybridized carbons (Fsp3) is 1.00. The monoisotopic (exact) mass is 302 g/mol. The van der Waals surface area contributed by atoms with Crippen LogP contribution in [0.5, 0.6) is 0 Å². The minimum atomic E-state index is -2.97. The molecule has 2 rings (SSSR count). The van der Waals surface area contributed by atoms with Crippen LogP contribution in [-0.2, 0) is 9.84 Å². The maximum atomic E-state index is 11.8. The standard InChI is InChI=1S/C16H30O3S/c1-15(2)8-5-9-16(17,11-10-15)13-6-4-7-14(12-13)20(3,18)19/h13-14,17H,4-12H2,1-3H3. The lowest BCUT2D eigenvalue weighted by Gasteiger charge is -2.40. The van der Waals surface area contributed by atoms with Gasteiger partial charge in [-0.2, -0.15) is 0 Å². The summed E-state index contributed by atoms with van der Waals surface area (Å²) in [5, 5.41) is 10.9. The van der Waals surface area contributed by atoms with Crippen molar-refractivity contribution in [3.8, 4) is 0 Å². The molecule has 2 aliphatic rings. The third kappa shape index (κ3) is 3.76. The smallest absolute Gasteiger partial charge is 0.150 e. The molecular weight excluding hydrogens is 272 g/mol. The Bertz CT molecular complexity index is 441. The topological polar surface area (TPSA) is 54.4 Å². The number of rotatable bonds is 2. The van der Waals surface area contributed by atoms with Crippen molar-refractivity contribution in [1.82, 2.24) is 0 Å². The molecule has 0 aliphatic heterocycles. The Labute approximate surface area is 124 Å². The molecule has 3 unspecified atom stereocenters. The summed E-state index contributed by atoms with van der Waals surface area (Å²) in [5.74, 6) is 0.171. The molecule has 0 amide bonds. The number of aliphatic hydroxyl groups is 1. The number of hydrogen-bond acceptors (Lipinski definition) is 3. The van der Waals surface area contributed by atoms with Gasteiger partial charge in [0.2, 0.25) is 0 Å². The molecule has 0 heterocycles. The van der Waals surface area contributed by atoms with Crippen molar-refractivity contribution in [2.24, 2.45) is 11.3 Å². The van der Waals surface area contributed by atoms with Gasteiger partial charge in [0.25, 0.3) is 0 Å². The molecule has 0 aromatic rings. The van der Waals surface area contributed by atoms with Crippen molar-refractivity contribution in [1.29, 1.82) is 0 Å².